The molecule has 0 radical (unpaired) electrons. The Bertz CT molecular complexity index is 346. The lowest BCUT2D eigenvalue weighted by Crippen LogP contribution is -2.45. The number of aromatic hydroxyl groups is 1. The number of carbonyl (C=O) groups is 1. The fourth-order valence-electron chi connectivity index (χ4n) is 1.80. The van der Waals surface area contributed by atoms with Gasteiger partial charge in [0, 0.05) is 26.2 Å². The maximum atomic E-state index is 10.5. The summed E-state index contributed by atoms with van der Waals surface area (Å²) >= 11 is 0. The molecule has 1 heterocycles. The van der Waals surface area contributed by atoms with Crippen LogP contribution in [0.5, 0.6) is 5.75 Å². The molecule has 1 aliphatic heterocycles. The average molecular weight is 206 g/mol. The largest absolute Gasteiger partial charge is 0.506 e. The number of carbonyl (C=O) groups excluding carboxylic acids is 1. The molecule has 0 aliphatic carbocycles. The highest BCUT2D eigenvalue weighted by Crippen LogP contribution is 2.26. The number of anilines is 1. The Morgan fingerprint density at radius 1 is 1.13 bits per heavy atom. The van der Waals surface area contributed by atoms with Crippen molar-refractivity contribution in [3.8, 4) is 5.75 Å². The maximum Gasteiger partial charge on any atom is 0.209 e. The summed E-state index contributed by atoms with van der Waals surface area (Å²) < 4.78 is 0. The number of hydrogen-bond acceptors (Lipinski definition) is 3. The van der Waals surface area contributed by atoms with E-state index in [1.54, 1.807) is 17.0 Å². The first-order valence-corrected chi connectivity index (χ1v) is 5.03. The zero-order valence-corrected chi connectivity index (χ0v) is 8.47. The lowest BCUT2D eigenvalue weighted by molar-refractivity contribution is -0.118. The molecular weight excluding hydrogens is 192 g/mol. The highest BCUT2D eigenvalue weighted by atomic mass is 16.3. The van der Waals surface area contributed by atoms with Gasteiger partial charge in [-0.25, -0.2) is 0 Å². The molecule has 0 unspecified atom stereocenters. The minimum Gasteiger partial charge on any atom is -0.506 e. The Kier molecular flexibility index (Phi) is 2.76. The van der Waals surface area contributed by atoms with Gasteiger partial charge in [0.25, 0.3) is 0 Å². The van der Waals surface area contributed by atoms with Crippen LogP contribution >= 0.6 is 0 Å². The van der Waals surface area contributed by atoms with Crippen molar-refractivity contribution in [2.24, 2.45) is 0 Å². The molecule has 1 aromatic rings. The smallest absolute Gasteiger partial charge is 0.209 e. The zero-order valence-electron chi connectivity index (χ0n) is 8.47. The molecule has 80 valence electrons. The van der Waals surface area contributed by atoms with Crippen LogP contribution in [0.1, 0.15) is 0 Å². The van der Waals surface area contributed by atoms with Crippen LogP contribution in [0.3, 0.4) is 0 Å². The molecule has 4 heteroatoms. The molecule has 1 amide bonds. The van der Waals surface area contributed by atoms with E-state index in [0.29, 0.717) is 5.75 Å². The van der Waals surface area contributed by atoms with Crippen LogP contribution < -0.4 is 4.90 Å². The van der Waals surface area contributed by atoms with Crippen molar-refractivity contribution in [3.05, 3.63) is 24.3 Å². The predicted molar refractivity (Wildman–Crippen MR) is 58.0 cm³/mol. The Balaban J connectivity index is 2.07. The third kappa shape index (κ3) is 2.03. The summed E-state index contributed by atoms with van der Waals surface area (Å²) in [4.78, 5) is 14.4. The molecule has 1 aliphatic rings. The summed E-state index contributed by atoms with van der Waals surface area (Å²) in [6.07, 6.45) is 0.877. The van der Waals surface area contributed by atoms with Gasteiger partial charge in [0.05, 0.1) is 5.69 Å². The molecule has 0 aromatic heterocycles. The molecule has 1 saturated heterocycles. The normalized spacial score (nSPS) is 16.5. The van der Waals surface area contributed by atoms with Gasteiger partial charge >= 0.3 is 0 Å². The summed E-state index contributed by atoms with van der Waals surface area (Å²) in [6.45, 7) is 2.99. The van der Waals surface area contributed by atoms with Gasteiger partial charge in [0.1, 0.15) is 5.75 Å². The quantitative estimate of drug-likeness (QED) is 0.723. The summed E-state index contributed by atoms with van der Waals surface area (Å²) in [6, 6.07) is 7.29. The van der Waals surface area contributed by atoms with Crippen LogP contribution in [0, 0.1) is 0 Å². The topological polar surface area (TPSA) is 43.8 Å². The van der Waals surface area contributed by atoms with Crippen LogP contribution in [0.15, 0.2) is 24.3 Å². The number of benzene rings is 1. The summed E-state index contributed by atoms with van der Waals surface area (Å²) in [5.41, 5.74) is 0.850. The lowest BCUT2D eigenvalue weighted by Gasteiger charge is -2.34. The fraction of sp³-hybridized carbons (Fsp3) is 0.364. The van der Waals surface area contributed by atoms with E-state index >= 15 is 0 Å². The number of piperazine rings is 1. The number of amides is 1. The average Bonchev–Trinajstić information content (AvgIpc) is 2.30. The van der Waals surface area contributed by atoms with Gasteiger partial charge in [-0.1, -0.05) is 12.1 Å². The van der Waals surface area contributed by atoms with E-state index in [1.807, 2.05) is 12.1 Å². The first kappa shape index (κ1) is 9.83. The Morgan fingerprint density at radius 2 is 1.80 bits per heavy atom. The lowest BCUT2D eigenvalue weighted by atomic mass is 10.2. The van der Waals surface area contributed by atoms with Crippen LogP contribution in [-0.4, -0.2) is 42.6 Å². The number of para-hydroxylation sites is 2. The molecule has 2 rings (SSSR count). The van der Waals surface area contributed by atoms with Crippen molar-refractivity contribution >= 4 is 12.1 Å². The van der Waals surface area contributed by atoms with E-state index in [1.165, 1.54) is 0 Å². The van der Waals surface area contributed by atoms with Gasteiger partial charge < -0.3 is 14.9 Å². The number of phenolic OH excluding ortho intramolecular Hbond substituents is 1. The zero-order chi connectivity index (χ0) is 10.7. The van der Waals surface area contributed by atoms with Crippen molar-refractivity contribution in [2.75, 3.05) is 31.1 Å². The molecule has 1 aromatic carbocycles. The van der Waals surface area contributed by atoms with Gasteiger partial charge in [0.15, 0.2) is 0 Å². The first-order valence-electron chi connectivity index (χ1n) is 5.03. The van der Waals surface area contributed by atoms with Crippen molar-refractivity contribution < 1.29 is 9.90 Å². The van der Waals surface area contributed by atoms with Gasteiger partial charge in [-0.2, -0.15) is 0 Å². The Morgan fingerprint density at radius 3 is 2.40 bits per heavy atom. The minimum atomic E-state index is 0.303. The highest BCUT2D eigenvalue weighted by Gasteiger charge is 2.17. The third-order valence-electron chi connectivity index (χ3n) is 2.69. The van der Waals surface area contributed by atoms with Crippen molar-refractivity contribution in [1.82, 2.24) is 4.90 Å². The van der Waals surface area contributed by atoms with E-state index in [-0.39, 0.29) is 0 Å². The van der Waals surface area contributed by atoms with E-state index in [9.17, 15) is 9.90 Å². The SMILES string of the molecule is O=CN1CCN(c2ccccc2O)CC1. The molecule has 1 N–H and O–H groups in total. The Hall–Kier alpha value is -1.71. The second-order valence-corrected chi connectivity index (χ2v) is 3.62. The molecule has 0 saturated carbocycles. The van der Waals surface area contributed by atoms with Gasteiger partial charge in [-0.05, 0) is 12.1 Å². The van der Waals surface area contributed by atoms with Gasteiger partial charge in [-0.15, -0.1) is 0 Å². The molecular formula is C11H14N2O2. The molecule has 0 bridgehead atoms. The molecule has 1 fully saturated rings. The van der Waals surface area contributed by atoms with Crippen molar-refractivity contribution in [2.45, 2.75) is 0 Å². The molecule has 0 spiro atoms. The summed E-state index contributed by atoms with van der Waals surface area (Å²) in [5, 5.41) is 9.66. The maximum absolute atomic E-state index is 10.5. The van der Waals surface area contributed by atoms with Gasteiger partial charge in [0.2, 0.25) is 6.41 Å². The number of rotatable bonds is 2. The molecule has 15 heavy (non-hydrogen) atoms. The molecule has 4 nitrogen and oxygen atoms in total. The second kappa shape index (κ2) is 4.21. The van der Waals surface area contributed by atoms with E-state index in [4.69, 9.17) is 0 Å². The van der Waals surface area contributed by atoms with Crippen LogP contribution in [0.25, 0.3) is 0 Å². The highest BCUT2D eigenvalue weighted by molar-refractivity contribution is 5.58. The van der Waals surface area contributed by atoms with Gasteiger partial charge in [-0.3, -0.25) is 4.79 Å². The Labute approximate surface area is 88.7 Å². The standard InChI is InChI=1S/C11H14N2O2/c14-9-12-5-7-13(8-6-12)10-3-1-2-4-11(10)15/h1-4,9,15H,5-8H2. The number of phenols is 1. The van der Waals surface area contributed by atoms with Crippen LogP contribution in [0.2, 0.25) is 0 Å². The van der Waals surface area contributed by atoms with E-state index in [2.05, 4.69) is 4.90 Å². The monoisotopic (exact) mass is 206 g/mol. The van der Waals surface area contributed by atoms with Crippen molar-refractivity contribution in [1.29, 1.82) is 0 Å². The summed E-state index contributed by atoms with van der Waals surface area (Å²) in [5.74, 6) is 0.303. The second-order valence-electron chi connectivity index (χ2n) is 3.62. The van der Waals surface area contributed by atoms with Crippen molar-refractivity contribution in [3.63, 3.8) is 0 Å². The first-order chi connectivity index (χ1) is 7.31. The van der Waals surface area contributed by atoms with Crippen LogP contribution in [0.4, 0.5) is 5.69 Å². The third-order valence-corrected chi connectivity index (χ3v) is 2.69. The van der Waals surface area contributed by atoms with E-state index in [0.717, 1.165) is 38.3 Å². The molecule has 0 atom stereocenters. The van der Waals surface area contributed by atoms with Crippen LogP contribution in [-0.2, 0) is 4.79 Å². The number of hydrogen-bond donors (Lipinski definition) is 1. The summed E-state index contributed by atoms with van der Waals surface area (Å²) in [7, 11) is 0. The van der Waals surface area contributed by atoms with E-state index < -0.39 is 0 Å². The minimum absolute atomic E-state index is 0.303. The number of nitrogens with zero attached hydrogens (tertiary/aromatic N) is 2. The predicted octanol–water partition coefficient (Wildman–Crippen LogP) is 0.671. The fourth-order valence-corrected chi connectivity index (χ4v) is 1.80.